The SMILES string of the molecule is CC(=O)OC[C@]12[C@H](OC(C)=O)C(=O)[C@@H]3[C@@H](OC(C)=O)[C@@]14O[C@@]3(C)COC(=O)c1cccnc1[C@@H](C)[C@H](C)C(=O)O[C@@H]([C@H](OC(C)=O)[C@@H]2OC(C)=O)[C@]4(C)O. The van der Waals surface area contributed by atoms with Gasteiger partial charge in [-0.15, -0.1) is 0 Å². The number of cyclic esters (lactones) is 1. The monoisotopic (exact) mass is 761 g/mol. The quantitative estimate of drug-likeness (QED) is 0.309. The Morgan fingerprint density at radius 3 is 2.02 bits per heavy atom. The van der Waals surface area contributed by atoms with Crippen molar-refractivity contribution in [3.8, 4) is 0 Å². The van der Waals surface area contributed by atoms with E-state index in [2.05, 4.69) is 4.98 Å². The van der Waals surface area contributed by atoms with Crippen LogP contribution in [-0.2, 0) is 71.5 Å². The van der Waals surface area contributed by atoms with Crippen molar-refractivity contribution in [3.05, 3.63) is 29.6 Å². The normalized spacial score (nSPS) is 38.4. The number of carbonyl (C=O) groups is 8. The van der Waals surface area contributed by atoms with Gasteiger partial charge in [0.05, 0.1) is 23.1 Å². The molecule has 3 heterocycles. The first-order valence-corrected chi connectivity index (χ1v) is 17.2. The van der Waals surface area contributed by atoms with Crippen LogP contribution in [0.2, 0.25) is 0 Å². The summed E-state index contributed by atoms with van der Waals surface area (Å²) in [5.74, 6) is -12.0. The lowest BCUT2D eigenvalue weighted by Crippen LogP contribution is -2.88. The van der Waals surface area contributed by atoms with E-state index in [1.807, 2.05) is 0 Å². The molecule has 0 radical (unpaired) electrons. The van der Waals surface area contributed by atoms with Crippen LogP contribution >= 0.6 is 0 Å². The molecule has 4 aliphatic rings. The summed E-state index contributed by atoms with van der Waals surface area (Å²) < 4.78 is 47.3. The van der Waals surface area contributed by atoms with Gasteiger partial charge in [-0.25, -0.2) is 4.79 Å². The molecule has 294 valence electrons. The van der Waals surface area contributed by atoms with Crippen molar-refractivity contribution in [2.75, 3.05) is 13.2 Å². The number of fused-ring (bicyclic) bond motifs is 5. The standard InChI is InChI=1S/C36H43NO17/c1-15-16(2)31(44)53-29-26(49-18(4)39)30(52-21(7)42)35(14-47-17(3)38)28(51-20(6)41)25(43)23-27(50-19(5)40)36(35,34(29,9)46)54-33(23,8)13-48-32(45)22-11-10-12-37-24(15)22/h10-12,15-16,23,26-30,46H,13-14H2,1-9H3/t15-,16-,23+,26-,27+,28+,29-,30-,33-,34-,35+,36-/m0/s1. The van der Waals surface area contributed by atoms with Crippen LogP contribution in [0.3, 0.4) is 0 Å². The molecule has 0 unspecified atom stereocenters. The molecule has 5 rings (SSSR count). The van der Waals surface area contributed by atoms with E-state index in [1.54, 1.807) is 6.92 Å². The van der Waals surface area contributed by atoms with Gasteiger partial charge in [-0.05, 0) is 26.0 Å². The van der Waals surface area contributed by atoms with E-state index in [4.69, 9.17) is 37.9 Å². The molecule has 18 nitrogen and oxygen atoms in total. The minimum atomic E-state index is -2.82. The van der Waals surface area contributed by atoms with Crippen LogP contribution < -0.4 is 0 Å². The average molecular weight is 762 g/mol. The summed E-state index contributed by atoms with van der Waals surface area (Å²) in [4.78, 5) is 112. The fourth-order valence-corrected chi connectivity index (χ4v) is 8.70. The average Bonchev–Trinajstić information content (AvgIpc) is 3.30. The third-order valence-electron chi connectivity index (χ3n) is 10.9. The number of ether oxygens (including phenoxy) is 8. The second-order valence-electron chi connectivity index (χ2n) is 14.6. The minimum Gasteiger partial charge on any atom is -0.465 e. The largest absolute Gasteiger partial charge is 0.465 e. The molecule has 2 aliphatic carbocycles. The van der Waals surface area contributed by atoms with Crippen molar-refractivity contribution in [2.24, 2.45) is 17.3 Å². The number of aliphatic hydroxyl groups is 1. The van der Waals surface area contributed by atoms with E-state index in [0.717, 1.165) is 41.5 Å². The van der Waals surface area contributed by atoms with E-state index in [1.165, 1.54) is 32.2 Å². The van der Waals surface area contributed by atoms with Gasteiger partial charge in [-0.1, -0.05) is 13.8 Å². The summed E-state index contributed by atoms with van der Waals surface area (Å²) in [6, 6.07) is 2.88. The van der Waals surface area contributed by atoms with Gasteiger partial charge in [0, 0.05) is 46.7 Å². The first kappa shape index (κ1) is 40.2. The van der Waals surface area contributed by atoms with Crippen LogP contribution in [0.25, 0.3) is 0 Å². The number of rotatable bonds is 6. The Bertz CT molecular complexity index is 1790. The zero-order chi connectivity index (χ0) is 40.3. The van der Waals surface area contributed by atoms with Gasteiger partial charge in [0.2, 0.25) is 0 Å². The lowest BCUT2D eigenvalue weighted by Gasteiger charge is -2.66. The highest BCUT2D eigenvalue weighted by Gasteiger charge is 2.91. The fraction of sp³-hybridized carbons (Fsp3) is 0.639. The van der Waals surface area contributed by atoms with Crippen LogP contribution in [-0.4, -0.2) is 118 Å². The first-order valence-electron chi connectivity index (χ1n) is 17.2. The summed E-state index contributed by atoms with van der Waals surface area (Å²) in [5.41, 5.74) is -10.2. The van der Waals surface area contributed by atoms with Crippen molar-refractivity contribution >= 4 is 47.6 Å². The van der Waals surface area contributed by atoms with Gasteiger partial charge < -0.3 is 43.0 Å². The van der Waals surface area contributed by atoms with Gasteiger partial charge in [0.25, 0.3) is 0 Å². The number of nitrogens with zero attached hydrogens (tertiary/aromatic N) is 1. The Morgan fingerprint density at radius 2 is 1.44 bits per heavy atom. The van der Waals surface area contributed by atoms with Gasteiger partial charge in [0.15, 0.2) is 35.8 Å². The maximum atomic E-state index is 15.1. The molecule has 0 amide bonds. The number of Topliss-reactive ketones (excluding diaryl/α,β-unsaturated/α-hetero) is 1. The molecule has 1 saturated heterocycles. The molecule has 0 aromatic carbocycles. The smallest absolute Gasteiger partial charge is 0.340 e. The molecule has 3 fully saturated rings. The molecule has 2 aliphatic heterocycles. The van der Waals surface area contributed by atoms with Crippen LogP contribution in [0.4, 0.5) is 0 Å². The van der Waals surface area contributed by atoms with E-state index in [0.29, 0.717) is 0 Å². The number of pyridine rings is 1. The maximum Gasteiger partial charge on any atom is 0.340 e. The molecule has 54 heavy (non-hydrogen) atoms. The Kier molecular flexibility index (Phi) is 10.4. The fourth-order valence-electron chi connectivity index (χ4n) is 8.70. The van der Waals surface area contributed by atoms with Crippen LogP contribution in [0.1, 0.15) is 84.3 Å². The van der Waals surface area contributed by atoms with Crippen molar-refractivity contribution in [1.29, 1.82) is 0 Å². The molecule has 1 spiro atoms. The second-order valence-corrected chi connectivity index (χ2v) is 14.6. The molecule has 2 saturated carbocycles. The zero-order valence-electron chi connectivity index (χ0n) is 31.2. The number of hydrogen-bond acceptors (Lipinski definition) is 18. The summed E-state index contributed by atoms with van der Waals surface area (Å²) in [7, 11) is 0. The van der Waals surface area contributed by atoms with Crippen LogP contribution in [0.15, 0.2) is 18.3 Å². The maximum absolute atomic E-state index is 15.1. The molecular formula is C36H43NO17. The predicted octanol–water partition coefficient (Wildman–Crippen LogP) is 0.671. The molecule has 4 bridgehead atoms. The molecule has 18 heteroatoms. The Hall–Kier alpha value is -4.97. The predicted molar refractivity (Wildman–Crippen MR) is 175 cm³/mol. The van der Waals surface area contributed by atoms with E-state index in [9.17, 15) is 38.7 Å². The Morgan fingerprint density at radius 1 is 0.852 bits per heavy atom. The molecule has 12 atom stereocenters. The topological polar surface area (TPSA) is 244 Å². The third kappa shape index (κ3) is 6.08. The van der Waals surface area contributed by atoms with Gasteiger partial charge >= 0.3 is 41.8 Å². The highest BCUT2D eigenvalue weighted by atomic mass is 16.7. The number of carbonyl (C=O) groups excluding carboxylic acids is 8. The summed E-state index contributed by atoms with van der Waals surface area (Å²) in [6.45, 7) is 8.38. The van der Waals surface area contributed by atoms with Crippen LogP contribution in [0.5, 0.6) is 0 Å². The van der Waals surface area contributed by atoms with E-state index < -0.39 is 131 Å². The highest BCUT2D eigenvalue weighted by Crippen LogP contribution is 2.69. The molecule has 1 N–H and O–H groups in total. The first-order chi connectivity index (χ1) is 25.1. The summed E-state index contributed by atoms with van der Waals surface area (Å²) >= 11 is 0. The number of hydrogen-bond donors (Lipinski definition) is 1. The number of aromatic nitrogens is 1. The van der Waals surface area contributed by atoms with E-state index >= 15 is 4.79 Å². The number of esters is 7. The molecule has 1 aromatic rings. The lowest BCUT2D eigenvalue weighted by molar-refractivity contribution is -0.376. The van der Waals surface area contributed by atoms with E-state index in [-0.39, 0.29) is 11.3 Å². The van der Waals surface area contributed by atoms with Crippen molar-refractivity contribution < 1.29 is 81.4 Å². The second kappa shape index (κ2) is 14.0. The molecular weight excluding hydrogens is 718 g/mol. The Labute approximate surface area is 309 Å². The van der Waals surface area contributed by atoms with Gasteiger partial charge in [-0.2, -0.15) is 0 Å². The van der Waals surface area contributed by atoms with Crippen molar-refractivity contribution in [2.45, 2.75) is 116 Å². The zero-order valence-corrected chi connectivity index (χ0v) is 31.2. The van der Waals surface area contributed by atoms with Crippen molar-refractivity contribution in [3.63, 3.8) is 0 Å². The Balaban J connectivity index is 1.97. The lowest BCUT2D eigenvalue weighted by atomic mass is 9.45. The summed E-state index contributed by atoms with van der Waals surface area (Å²) in [6.07, 6.45) is -9.01. The highest BCUT2D eigenvalue weighted by molar-refractivity contribution is 5.94. The van der Waals surface area contributed by atoms with Crippen LogP contribution in [0, 0.1) is 17.3 Å². The van der Waals surface area contributed by atoms with Gasteiger partial charge in [0.1, 0.15) is 35.9 Å². The van der Waals surface area contributed by atoms with Crippen molar-refractivity contribution in [1.82, 2.24) is 4.98 Å². The molecule has 1 aromatic heterocycles. The van der Waals surface area contributed by atoms with Gasteiger partial charge in [-0.3, -0.25) is 38.5 Å². The third-order valence-corrected chi connectivity index (χ3v) is 10.9. The number of ketones is 1. The minimum absolute atomic E-state index is 0.0470. The summed E-state index contributed by atoms with van der Waals surface area (Å²) in [5, 5.41) is 13.2.